The number of benzene rings is 1. The molecule has 1 aromatic rings. The van der Waals surface area contributed by atoms with Crippen LogP contribution in [0.4, 0.5) is 5.69 Å². The highest BCUT2D eigenvalue weighted by Crippen LogP contribution is 2.26. The third-order valence-electron chi connectivity index (χ3n) is 3.78. The molecule has 1 saturated heterocycles. The van der Waals surface area contributed by atoms with Crippen molar-refractivity contribution in [3.05, 3.63) is 34.4 Å². The standard InChI is InChI=1S/C15H17N3O5S/c1-2-10-16-15(19)14-5-3-4-11-17(14)24(22,23)13-8-6-12(7-9-13)18(20)21/h1,6-9,14H,3-5,10-11H2,(H,16,19)/t14-/m1/s1. The molecule has 0 unspecified atom stereocenters. The van der Waals surface area contributed by atoms with Crippen LogP contribution in [0.25, 0.3) is 0 Å². The number of carbonyl (C=O) groups is 1. The molecule has 1 fully saturated rings. The lowest BCUT2D eigenvalue weighted by molar-refractivity contribution is -0.384. The molecule has 0 spiro atoms. The van der Waals surface area contributed by atoms with Crippen LogP contribution in [-0.4, -0.2) is 42.7 Å². The summed E-state index contributed by atoms with van der Waals surface area (Å²) in [6.45, 7) is 0.244. The van der Waals surface area contributed by atoms with Gasteiger partial charge in [0.1, 0.15) is 6.04 Å². The first-order valence-corrected chi connectivity index (χ1v) is 8.79. The van der Waals surface area contributed by atoms with Gasteiger partial charge in [0, 0.05) is 18.7 Å². The summed E-state index contributed by atoms with van der Waals surface area (Å²) in [6.07, 6.45) is 6.89. The molecule has 24 heavy (non-hydrogen) atoms. The van der Waals surface area contributed by atoms with Crippen LogP contribution in [-0.2, 0) is 14.8 Å². The van der Waals surface area contributed by atoms with E-state index in [1.165, 1.54) is 12.1 Å². The van der Waals surface area contributed by atoms with Gasteiger partial charge in [-0.15, -0.1) is 6.42 Å². The summed E-state index contributed by atoms with van der Waals surface area (Å²) in [7, 11) is -3.93. The smallest absolute Gasteiger partial charge is 0.269 e. The van der Waals surface area contributed by atoms with Gasteiger partial charge in [0.15, 0.2) is 0 Å². The monoisotopic (exact) mass is 351 g/mol. The predicted octanol–water partition coefficient (Wildman–Crippen LogP) is 0.887. The summed E-state index contributed by atoms with van der Waals surface area (Å²) in [5.41, 5.74) is -0.198. The Bertz CT molecular complexity index is 767. The Kier molecular flexibility index (Phi) is 5.54. The van der Waals surface area contributed by atoms with Crippen molar-refractivity contribution < 1.29 is 18.1 Å². The molecule has 9 heteroatoms. The highest BCUT2D eigenvalue weighted by atomic mass is 32.2. The van der Waals surface area contributed by atoms with E-state index in [9.17, 15) is 23.3 Å². The van der Waals surface area contributed by atoms with Gasteiger partial charge in [-0.1, -0.05) is 12.3 Å². The van der Waals surface area contributed by atoms with Gasteiger partial charge in [0.05, 0.1) is 16.4 Å². The predicted molar refractivity (Wildman–Crippen MR) is 86.5 cm³/mol. The molecule has 0 saturated carbocycles. The van der Waals surface area contributed by atoms with Crippen molar-refractivity contribution in [2.45, 2.75) is 30.2 Å². The number of amides is 1. The van der Waals surface area contributed by atoms with Crippen molar-refractivity contribution in [1.82, 2.24) is 9.62 Å². The number of hydrogen-bond donors (Lipinski definition) is 1. The fourth-order valence-electron chi connectivity index (χ4n) is 2.59. The maximum absolute atomic E-state index is 12.8. The quantitative estimate of drug-likeness (QED) is 0.481. The molecule has 0 bridgehead atoms. The fraction of sp³-hybridized carbons (Fsp3) is 0.400. The number of piperidine rings is 1. The van der Waals surface area contributed by atoms with Crippen LogP contribution in [0.1, 0.15) is 19.3 Å². The molecular weight excluding hydrogens is 334 g/mol. The molecule has 0 aliphatic carbocycles. The van der Waals surface area contributed by atoms with Crippen molar-refractivity contribution in [2.75, 3.05) is 13.1 Å². The first-order chi connectivity index (χ1) is 11.4. The van der Waals surface area contributed by atoms with Gasteiger partial charge in [-0.25, -0.2) is 8.42 Å². The number of nitro groups is 1. The number of hydrogen-bond acceptors (Lipinski definition) is 5. The number of nitro benzene ring substituents is 1. The lowest BCUT2D eigenvalue weighted by Crippen LogP contribution is -2.51. The molecule has 1 aliphatic heterocycles. The molecular formula is C15H17N3O5S. The number of sulfonamides is 1. The van der Waals surface area contributed by atoms with Crippen LogP contribution >= 0.6 is 0 Å². The van der Waals surface area contributed by atoms with Crippen LogP contribution < -0.4 is 5.32 Å². The molecule has 1 atom stereocenters. The topological polar surface area (TPSA) is 110 Å². The van der Waals surface area contributed by atoms with E-state index >= 15 is 0 Å². The van der Waals surface area contributed by atoms with E-state index in [4.69, 9.17) is 6.42 Å². The molecule has 1 heterocycles. The number of rotatable bonds is 5. The zero-order valence-electron chi connectivity index (χ0n) is 12.8. The summed E-state index contributed by atoms with van der Waals surface area (Å²) < 4.78 is 26.7. The number of nitrogens with zero attached hydrogens (tertiary/aromatic N) is 2. The maximum Gasteiger partial charge on any atom is 0.269 e. The van der Waals surface area contributed by atoms with Gasteiger partial charge in [0.2, 0.25) is 15.9 Å². The Morgan fingerprint density at radius 2 is 2.04 bits per heavy atom. The third kappa shape index (κ3) is 3.72. The Morgan fingerprint density at radius 3 is 2.62 bits per heavy atom. The van der Waals surface area contributed by atoms with Crippen molar-refractivity contribution in [3.63, 3.8) is 0 Å². The first kappa shape index (κ1) is 17.9. The maximum atomic E-state index is 12.8. The second-order valence-electron chi connectivity index (χ2n) is 5.30. The summed E-state index contributed by atoms with van der Waals surface area (Å²) in [4.78, 5) is 22.2. The van der Waals surface area contributed by atoms with E-state index in [1.807, 2.05) is 0 Å². The van der Waals surface area contributed by atoms with Crippen molar-refractivity contribution in [2.24, 2.45) is 0 Å². The summed E-state index contributed by atoms with van der Waals surface area (Å²) in [5.74, 6) is 1.84. The largest absolute Gasteiger partial charge is 0.344 e. The fourth-order valence-corrected chi connectivity index (χ4v) is 4.24. The summed E-state index contributed by atoms with van der Waals surface area (Å²) in [6, 6.07) is 3.79. The molecule has 1 amide bonds. The van der Waals surface area contributed by atoms with Crippen molar-refractivity contribution in [3.8, 4) is 12.3 Å². The van der Waals surface area contributed by atoms with E-state index in [0.29, 0.717) is 12.8 Å². The summed E-state index contributed by atoms with van der Waals surface area (Å²) in [5, 5.41) is 13.2. The van der Waals surface area contributed by atoms with Gasteiger partial charge < -0.3 is 5.32 Å². The second kappa shape index (κ2) is 7.42. The Hall–Kier alpha value is -2.44. The Labute approximate surface area is 140 Å². The Morgan fingerprint density at radius 1 is 1.38 bits per heavy atom. The molecule has 0 aromatic heterocycles. The lowest BCUT2D eigenvalue weighted by Gasteiger charge is -2.33. The van der Waals surface area contributed by atoms with Gasteiger partial charge >= 0.3 is 0 Å². The zero-order chi connectivity index (χ0) is 17.7. The van der Waals surface area contributed by atoms with Crippen molar-refractivity contribution in [1.29, 1.82) is 0 Å². The number of non-ortho nitro benzene ring substituents is 1. The van der Waals surface area contributed by atoms with Crippen LogP contribution in [0.15, 0.2) is 29.2 Å². The molecule has 2 rings (SSSR count). The van der Waals surface area contributed by atoms with Gasteiger partial charge in [-0.3, -0.25) is 14.9 Å². The second-order valence-corrected chi connectivity index (χ2v) is 7.19. The minimum absolute atomic E-state index is 0.0285. The molecule has 1 aliphatic rings. The highest BCUT2D eigenvalue weighted by molar-refractivity contribution is 7.89. The molecule has 8 nitrogen and oxygen atoms in total. The van der Waals surface area contributed by atoms with Crippen LogP contribution in [0.2, 0.25) is 0 Å². The van der Waals surface area contributed by atoms with E-state index in [2.05, 4.69) is 11.2 Å². The molecule has 0 radical (unpaired) electrons. The normalized spacial score (nSPS) is 18.5. The van der Waals surface area contributed by atoms with Crippen LogP contribution in [0.5, 0.6) is 0 Å². The molecule has 1 aromatic carbocycles. The van der Waals surface area contributed by atoms with Gasteiger partial charge in [0.25, 0.3) is 5.69 Å². The lowest BCUT2D eigenvalue weighted by atomic mass is 10.0. The third-order valence-corrected chi connectivity index (χ3v) is 5.70. The van der Waals surface area contributed by atoms with E-state index < -0.39 is 26.9 Å². The average molecular weight is 351 g/mol. The Balaban J connectivity index is 2.29. The van der Waals surface area contributed by atoms with Crippen LogP contribution in [0, 0.1) is 22.5 Å². The van der Waals surface area contributed by atoms with E-state index in [0.717, 1.165) is 22.9 Å². The average Bonchev–Trinajstić information content (AvgIpc) is 2.59. The molecule has 128 valence electrons. The van der Waals surface area contributed by atoms with Crippen molar-refractivity contribution >= 4 is 21.6 Å². The first-order valence-electron chi connectivity index (χ1n) is 7.35. The summed E-state index contributed by atoms with van der Waals surface area (Å²) >= 11 is 0. The number of terminal acetylenes is 1. The van der Waals surface area contributed by atoms with Gasteiger partial charge in [-0.05, 0) is 25.0 Å². The minimum Gasteiger partial charge on any atom is -0.344 e. The highest BCUT2D eigenvalue weighted by Gasteiger charge is 2.37. The minimum atomic E-state index is -3.93. The zero-order valence-corrected chi connectivity index (χ0v) is 13.7. The SMILES string of the molecule is C#CCNC(=O)[C@H]1CCCCN1S(=O)(=O)c1ccc([N+](=O)[O-])cc1. The number of carbonyl (C=O) groups excluding carboxylic acids is 1. The van der Waals surface area contributed by atoms with E-state index in [1.54, 1.807) is 0 Å². The van der Waals surface area contributed by atoms with E-state index in [-0.39, 0.29) is 23.7 Å². The van der Waals surface area contributed by atoms with Gasteiger partial charge in [-0.2, -0.15) is 4.31 Å². The molecule has 1 N–H and O–H groups in total. The van der Waals surface area contributed by atoms with Crippen LogP contribution in [0.3, 0.4) is 0 Å². The number of nitrogens with one attached hydrogen (secondary N) is 1.